The zero-order valence-electron chi connectivity index (χ0n) is 18.1. The van der Waals surface area contributed by atoms with Crippen LogP contribution >= 0.6 is 11.6 Å². The molecule has 3 nitrogen and oxygen atoms in total. The number of hydrogen-bond donors (Lipinski definition) is 0. The third-order valence-corrected chi connectivity index (χ3v) is 5.84. The molecule has 0 N–H and O–H groups in total. The normalized spacial score (nSPS) is 11.6. The number of nitrogens with zero attached hydrogens (tertiary/aromatic N) is 3. The molecule has 0 aliphatic carbocycles. The molecule has 1 aromatic heterocycles. The van der Waals surface area contributed by atoms with Crippen molar-refractivity contribution in [1.82, 2.24) is 14.5 Å². The summed E-state index contributed by atoms with van der Waals surface area (Å²) in [6.07, 6.45) is 6.18. The molecule has 0 fully saturated rings. The van der Waals surface area contributed by atoms with Gasteiger partial charge in [0.05, 0.1) is 11.0 Å². The van der Waals surface area contributed by atoms with Crippen LogP contribution in [0.5, 0.6) is 0 Å². The Hall–Kier alpha value is -1.84. The van der Waals surface area contributed by atoms with Gasteiger partial charge in [-0.3, -0.25) is 0 Å². The standard InChI is InChI=1S/C25H34ClN3/c1-4-6-15-28(16-7-5-2)17-10-18-29-24-19-21(26)13-14-23(24)27-25(29)22-12-9-8-11-20(22)3/h8-9,11-14,19H,4-7,10,15-18H2,1-3H3. The highest BCUT2D eigenvalue weighted by molar-refractivity contribution is 6.31. The molecule has 0 spiro atoms. The van der Waals surface area contributed by atoms with Gasteiger partial charge in [0.2, 0.25) is 0 Å². The lowest BCUT2D eigenvalue weighted by molar-refractivity contribution is 0.258. The highest BCUT2D eigenvalue weighted by atomic mass is 35.5. The molecule has 0 radical (unpaired) electrons. The van der Waals surface area contributed by atoms with Crippen LogP contribution in [0.2, 0.25) is 5.02 Å². The second-order valence-corrected chi connectivity index (χ2v) is 8.37. The van der Waals surface area contributed by atoms with Crippen LogP contribution < -0.4 is 0 Å². The first-order chi connectivity index (χ1) is 14.1. The summed E-state index contributed by atoms with van der Waals surface area (Å²) in [6.45, 7) is 11.2. The summed E-state index contributed by atoms with van der Waals surface area (Å²) in [4.78, 5) is 7.60. The molecule has 156 valence electrons. The molecular weight excluding hydrogens is 378 g/mol. The predicted octanol–water partition coefficient (Wildman–Crippen LogP) is 6.96. The Bertz CT molecular complexity index is 908. The fourth-order valence-electron chi connectivity index (χ4n) is 3.90. The monoisotopic (exact) mass is 411 g/mol. The third-order valence-electron chi connectivity index (χ3n) is 5.61. The molecule has 0 saturated carbocycles. The third kappa shape index (κ3) is 5.61. The molecule has 0 aliphatic rings. The summed E-state index contributed by atoms with van der Waals surface area (Å²) in [5.41, 5.74) is 4.60. The average molecular weight is 412 g/mol. The zero-order chi connectivity index (χ0) is 20.6. The van der Waals surface area contributed by atoms with Crippen molar-refractivity contribution in [2.45, 2.75) is 59.4 Å². The van der Waals surface area contributed by atoms with E-state index in [2.05, 4.69) is 60.6 Å². The van der Waals surface area contributed by atoms with Crippen LogP contribution in [-0.4, -0.2) is 34.1 Å². The molecule has 29 heavy (non-hydrogen) atoms. The van der Waals surface area contributed by atoms with Crippen LogP contribution in [0.4, 0.5) is 0 Å². The van der Waals surface area contributed by atoms with E-state index in [9.17, 15) is 0 Å². The van der Waals surface area contributed by atoms with Crippen LogP contribution in [-0.2, 0) is 6.54 Å². The van der Waals surface area contributed by atoms with Gasteiger partial charge in [-0.25, -0.2) is 4.98 Å². The maximum atomic E-state index is 6.33. The van der Waals surface area contributed by atoms with E-state index in [-0.39, 0.29) is 0 Å². The van der Waals surface area contributed by atoms with Gasteiger partial charge >= 0.3 is 0 Å². The van der Waals surface area contributed by atoms with E-state index < -0.39 is 0 Å². The molecule has 0 atom stereocenters. The van der Waals surface area contributed by atoms with Crippen molar-refractivity contribution in [3.8, 4) is 11.4 Å². The van der Waals surface area contributed by atoms with E-state index in [4.69, 9.17) is 16.6 Å². The van der Waals surface area contributed by atoms with Crippen molar-refractivity contribution < 1.29 is 0 Å². The van der Waals surface area contributed by atoms with Gasteiger partial charge in [0.1, 0.15) is 5.82 Å². The Labute approximate surface area is 180 Å². The first kappa shape index (κ1) is 21.9. The van der Waals surface area contributed by atoms with E-state index in [1.807, 2.05) is 12.1 Å². The van der Waals surface area contributed by atoms with E-state index >= 15 is 0 Å². The van der Waals surface area contributed by atoms with Gasteiger partial charge < -0.3 is 9.47 Å². The molecule has 0 amide bonds. The van der Waals surface area contributed by atoms with Crippen LogP contribution in [0, 0.1) is 6.92 Å². The second-order valence-electron chi connectivity index (χ2n) is 7.94. The van der Waals surface area contributed by atoms with E-state index in [0.29, 0.717) is 0 Å². The Morgan fingerprint density at radius 2 is 1.62 bits per heavy atom. The summed E-state index contributed by atoms with van der Waals surface area (Å²) in [7, 11) is 0. The van der Waals surface area contributed by atoms with E-state index in [0.717, 1.165) is 41.4 Å². The summed E-state index contributed by atoms with van der Waals surface area (Å²) in [6, 6.07) is 14.5. The van der Waals surface area contributed by atoms with Gasteiger partial charge in [0.25, 0.3) is 0 Å². The summed E-state index contributed by atoms with van der Waals surface area (Å²) in [5, 5.41) is 0.766. The fraction of sp³-hybridized carbons (Fsp3) is 0.480. The second kappa shape index (κ2) is 10.8. The minimum absolute atomic E-state index is 0.766. The minimum Gasteiger partial charge on any atom is -0.324 e. The van der Waals surface area contributed by atoms with Gasteiger partial charge in [-0.15, -0.1) is 0 Å². The number of unbranched alkanes of at least 4 members (excludes halogenated alkanes) is 2. The largest absolute Gasteiger partial charge is 0.324 e. The molecule has 3 rings (SSSR count). The number of fused-ring (bicyclic) bond motifs is 1. The molecule has 0 bridgehead atoms. The highest BCUT2D eigenvalue weighted by Gasteiger charge is 2.15. The van der Waals surface area contributed by atoms with Crippen molar-refractivity contribution in [3.63, 3.8) is 0 Å². The molecule has 0 unspecified atom stereocenters. The SMILES string of the molecule is CCCCN(CCCC)CCCn1c(-c2ccccc2C)nc2ccc(Cl)cc21. The Morgan fingerprint density at radius 3 is 2.31 bits per heavy atom. The Kier molecular flexibility index (Phi) is 8.14. The van der Waals surface area contributed by atoms with Crippen molar-refractivity contribution in [1.29, 1.82) is 0 Å². The number of benzene rings is 2. The molecule has 2 aromatic carbocycles. The maximum absolute atomic E-state index is 6.33. The smallest absolute Gasteiger partial charge is 0.141 e. The lowest BCUT2D eigenvalue weighted by atomic mass is 10.1. The van der Waals surface area contributed by atoms with Crippen molar-refractivity contribution in [2.24, 2.45) is 0 Å². The number of imidazole rings is 1. The van der Waals surface area contributed by atoms with Crippen molar-refractivity contribution in [3.05, 3.63) is 53.1 Å². The molecule has 0 aliphatic heterocycles. The van der Waals surface area contributed by atoms with Gasteiger partial charge in [-0.2, -0.15) is 0 Å². The van der Waals surface area contributed by atoms with Gasteiger partial charge in [-0.05, 0) is 69.6 Å². The summed E-state index contributed by atoms with van der Waals surface area (Å²) in [5.74, 6) is 1.05. The number of aryl methyl sites for hydroxylation is 2. The van der Waals surface area contributed by atoms with E-state index in [1.165, 1.54) is 49.9 Å². The number of hydrogen-bond acceptors (Lipinski definition) is 2. The van der Waals surface area contributed by atoms with Gasteiger partial charge in [0.15, 0.2) is 0 Å². The van der Waals surface area contributed by atoms with Gasteiger partial charge in [-0.1, -0.05) is 62.6 Å². The molecule has 0 saturated heterocycles. The van der Waals surface area contributed by atoms with Crippen LogP contribution in [0.3, 0.4) is 0 Å². The fourth-order valence-corrected chi connectivity index (χ4v) is 4.07. The number of rotatable bonds is 11. The average Bonchev–Trinajstić information content (AvgIpc) is 3.07. The Balaban J connectivity index is 1.84. The van der Waals surface area contributed by atoms with Gasteiger partial charge in [0, 0.05) is 17.1 Å². The Morgan fingerprint density at radius 1 is 0.931 bits per heavy atom. The number of aromatic nitrogens is 2. The minimum atomic E-state index is 0.766. The predicted molar refractivity (Wildman–Crippen MR) is 126 cm³/mol. The first-order valence-corrected chi connectivity index (χ1v) is 11.5. The summed E-state index contributed by atoms with van der Waals surface area (Å²) >= 11 is 6.33. The highest BCUT2D eigenvalue weighted by Crippen LogP contribution is 2.29. The quantitative estimate of drug-likeness (QED) is 0.340. The van der Waals surface area contributed by atoms with Crippen LogP contribution in [0.15, 0.2) is 42.5 Å². The van der Waals surface area contributed by atoms with Crippen LogP contribution in [0.25, 0.3) is 22.4 Å². The molecule has 4 heteroatoms. The van der Waals surface area contributed by atoms with E-state index in [1.54, 1.807) is 0 Å². The zero-order valence-corrected chi connectivity index (χ0v) is 18.9. The maximum Gasteiger partial charge on any atom is 0.141 e. The molecule has 3 aromatic rings. The number of halogens is 1. The first-order valence-electron chi connectivity index (χ1n) is 11.1. The molecular formula is C25H34ClN3. The lowest BCUT2D eigenvalue weighted by Crippen LogP contribution is -2.28. The van der Waals surface area contributed by atoms with Crippen molar-refractivity contribution >= 4 is 22.6 Å². The van der Waals surface area contributed by atoms with Crippen LogP contribution in [0.1, 0.15) is 51.5 Å². The van der Waals surface area contributed by atoms with Crippen molar-refractivity contribution in [2.75, 3.05) is 19.6 Å². The lowest BCUT2D eigenvalue weighted by Gasteiger charge is -2.22. The topological polar surface area (TPSA) is 21.1 Å². The molecule has 1 heterocycles. The summed E-state index contributed by atoms with van der Waals surface area (Å²) < 4.78 is 2.36.